The highest BCUT2D eigenvalue weighted by Crippen LogP contribution is 2.42. The molecule has 4 aromatic rings. The van der Waals surface area contributed by atoms with Crippen molar-refractivity contribution in [3.8, 4) is 23.0 Å². The lowest BCUT2D eigenvalue weighted by atomic mass is 10.0. The number of nitrogens with zero attached hydrogens (tertiary/aromatic N) is 2. The standard InChI is InChI=1S/C35H37FN4O5/c1-40-19-24-14-23(15-25(24)20-40)21-44-33-18-29-27(17-32(33)43-2)30(11-13-37-29)45-31-9-8-26(16-28(31)36)39-35(42)34(41)38-12-10-22-6-4-3-5-7-22/h3-9,11,13,16-18,23-25H,10,12,14-15,19-21H2,1-2H3,(H,38,41)(H,39,42)/t23?,24-,25+. The molecule has 1 saturated heterocycles. The van der Waals surface area contributed by atoms with Crippen LogP contribution in [0.3, 0.4) is 0 Å². The average Bonchev–Trinajstić information content (AvgIpc) is 3.58. The summed E-state index contributed by atoms with van der Waals surface area (Å²) in [5.74, 6) is 1.11. The Morgan fingerprint density at radius 3 is 2.44 bits per heavy atom. The number of hydrogen-bond donors (Lipinski definition) is 2. The highest BCUT2D eigenvalue weighted by Gasteiger charge is 2.39. The molecule has 2 N–H and O–H groups in total. The van der Waals surface area contributed by atoms with Gasteiger partial charge in [-0.1, -0.05) is 30.3 Å². The molecule has 1 aliphatic heterocycles. The third kappa shape index (κ3) is 7.17. The van der Waals surface area contributed by atoms with Crippen LogP contribution in [0.4, 0.5) is 10.1 Å². The van der Waals surface area contributed by atoms with Gasteiger partial charge in [-0.05, 0) is 73.9 Å². The van der Waals surface area contributed by atoms with Crippen LogP contribution in [0.25, 0.3) is 10.9 Å². The van der Waals surface area contributed by atoms with Crippen LogP contribution in [0.5, 0.6) is 23.0 Å². The van der Waals surface area contributed by atoms with Crippen molar-refractivity contribution in [3.63, 3.8) is 0 Å². The minimum Gasteiger partial charge on any atom is -0.493 e. The van der Waals surface area contributed by atoms with E-state index in [2.05, 4.69) is 27.6 Å². The maximum atomic E-state index is 15.1. The van der Waals surface area contributed by atoms with Gasteiger partial charge in [0, 0.05) is 49.0 Å². The number of likely N-dealkylation sites (tertiary alicyclic amines) is 1. The fourth-order valence-corrected chi connectivity index (χ4v) is 6.51. The lowest BCUT2D eigenvalue weighted by Gasteiger charge is -2.18. The zero-order chi connectivity index (χ0) is 31.3. The molecule has 0 radical (unpaired) electrons. The normalized spacial score (nSPS) is 19.2. The molecule has 1 saturated carbocycles. The second-order valence-corrected chi connectivity index (χ2v) is 11.9. The molecule has 10 heteroatoms. The van der Waals surface area contributed by atoms with Crippen LogP contribution in [0, 0.1) is 23.6 Å². The van der Waals surface area contributed by atoms with Crippen LogP contribution < -0.4 is 24.8 Å². The maximum Gasteiger partial charge on any atom is 0.313 e. The van der Waals surface area contributed by atoms with Crippen molar-refractivity contribution in [1.82, 2.24) is 15.2 Å². The molecule has 2 amide bonds. The number of nitrogens with one attached hydrogen (secondary N) is 2. The maximum absolute atomic E-state index is 15.1. The van der Waals surface area contributed by atoms with Gasteiger partial charge in [0.05, 0.1) is 19.2 Å². The first kappa shape index (κ1) is 30.3. The van der Waals surface area contributed by atoms with Gasteiger partial charge in [0.2, 0.25) is 0 Å². The van der Waals surface area contributed by atoms with Crippen LogP contribution in [0.2, 0.25) is 0 Å². The van der Waals surface area contributed by atoms with E-state index in [1.54, 1.807) is 25.4 Å². The van der Waals surface area contributed by atoms with Crippen LogP contribution in [-0.2, 0) is 16.0 Å². The van der Waals surface area contributed by atoms with Gasteiger partial charge in [-0.25, -0.2) is 4.39 Å². The fourth-order valence-electron chi connectivity index (χ4n) is 6.51. The number of hydrogen-bond acceptors (Lipinski definition) is 7. The van der Waals surface area contributed by atoms with E-state index in [4.69, 9.17) is 14.2 Å². The van der Waals surface area contributed by atoms with Crippen molar-refractivity contribution in [2.75, 3.05) is 45.7 Å². The molecule has 0 bridgehead atoms. The number of fused-ring (bicyclic) bond motifs is 2. The monoisotopic (exact) mass is 612 g/mol. The largest absolute Gasteiger partial charge is 0.493 e. The van der Waals surface area contributed by atoms with Crippen LogP contribution in [0.1, 0.15) is 18.4 Å². The van der Waals surface area contributed by atoms with Gasteiger partial charge in [0.15, 0.2) is 23.1 Å². The van der Waals surface area contributed by atoms with Crippen LogP contribution in [0.15, 0.2) is 72.9 Å². The molecule has 2 aliphatic rings. The third-order valence-electron chi connectivity index (χ3n) is 8.65. The van der Waals surface area contributed by atoms with Crippen molar-refractivity contribution >= 4 is 28.4 Å². The zero-order valence-corrected chi connectivity index (χ0v) is 25.4. The van der Waals surface area contributed by atoms with E-state index in [0.717, 1.165) is 36.6 Å². The van der Waals surface area contributed by atoms with Crippen molar-refractivity contribution in [2.45, 2.75) is 19.3 Å². The SMILES string of the molecule is COc1cc2c(Oc3ccc(NC(=O)C(=O)NCCc4ccccc4)cc3F)ccnc2cc1OCC1C[C@@H]2CN(C)C[C@@H]2C1. The quantitative estimate of drug-likeness (QED) is 0.230. The Morgan fingerprint density at radius 1 is 0.933 bits per heavy atom. The smallest absolute Gasteiger partial charge is 0.313 e. The summed E-state index contributed by atoms with van der Waals surface area (Å²) in [6.07, 6.45) is 4.53. The summed E-state index contributed by atoms with van der Waals surface area (Å²) in [7, 11) is 3.77. The summed E-state index contributed by atoms with van der Waals surface area (Å²) in [4.78, 5) is 31.5. The Bertz CT molecular complexity index is 1670. The molecule has 0 spiro atoms. The first-order valence-corrected chi connectivity index (χ1v) is 15.2. The molecule has 1 aromatic heterocycles. The Kier molecular flexibility index (Phi) is 9.11. The molecule has 3 aromatic carbocycles. The molecule has 3 atom stereocenters. The van der Waals surface area contributed by atoms with E-state index in [-0.39, 0.29) is 11.4 Å². The number of aromatic nitrogens is 1. The van der Waals surface area contributed by atoms with Gasteiger partial charge in [0.25, 0.3) is 0 Å². The Hall–Kier alpha value is -4.70. The van der Waals surface area contributed by atoms with Crippen LogP contribution in [-0.4, -0.2) is 62.1 Å². The number of pyridine rings is 1. The topological polar surface area (TPSA) is 102 Å². The predicted octanol–water partition coefficient (Wildman–Crippen LogP) is 5.44. The lowest BCUT2D eigenvalue weighted by Crippen LogP contribution is -2.36. The number of carbonyl (C=O) groups is 2. The minimum absolute atomic E-state index is 0.0514. The summed E-state index contributed by atoms with van der Waals surface area (Å²) in [6, 6.07) is 18.8. The second kappa shape index (κ2) is 13.5. The number of methoxy groups -OCH3 is 1. The molecule has 45 heavy (non-hydrogen) atoms. The Balaban J connectivity index is 1.08. The number of ether oxygens (including phenoxy) is 3. The van der Waals surface area contributed by atoms with Crippen molar-refractivity contribution in [1.29, 1.82) is 0 Å². The number of benzene rings is 3. The molecule has 9 nitrogen and oxygen atoms in total. The number of halogens is 1. The van der Waals surface area contributed by atoms with Crippen molar-refractivity contribution in [3.05, 3.63) is 84.3 Å². The molecular weight excluding hydrogens is 575 g/mol. The van der Waals surface area contributed by atoms with Gasteiger partial charge in [-0.15, -0.1) is 0 Å². The summed E-state index contributed by atoms with van der Waals surface area (Å²) in [5.41, 5.74) is 1.79. The minimum atomic E-state index is -0.884. The molecule has 2 fully saturated rings. The molecule has 1 unspecified atom stereocenters. The number of carbonyl (C=O) groups excluding carboxylic acids is 2. The van der Waals surface area contributed by atoms with E-state index < -0.39 is 17.6 Å². The Labute approximate surface area is 261 Å². The van der Waals surface area contributed by atoms with Gasteiger partial charge in [-0.3, -0.25) is 14.6 Å². The number of amides is 2. The van der Waals surface area contributed by atoms with Gasteiger partial charge in [0.1, 0.15) is 5.75 Å². The molecule has 1 aliphatic carbocycles. The summed E-state index contributed by atoms with van der Waals surface area (Å²) in [5, 5.41) is 5.63. The van der Waals surface area contributed by atoms with Gasteiger partial charge in [-0.2, -0.15) is 0 Å². The first-order valence-electron chi connectivity index (χ1n) is 15.2. The van der Waals surface area contributed by atoms with E-state index in [9.17, 15) is 9.59 Å². The lowest BCUT2D eigenvalue weighted by molar-refractivity contribution is -0.136. The van der Waals surface area contributed by atoms with E-state index >= 15 is 4.39 Å². The van der Waals surface area contributed by atoms with Crippen molar-refractivity contribution in [2.24, 2.45) is 17.8 Å². The molecule has 234 valence electrons. The third-order valence-corrected chi connectivity index (χ3v) is 8.65. The fraction of sp³-hybridized carbons (Fsp3) is 0.343. The van der Waals surface area contributed by atoms with Crippen molar-refractivity contribution < 1.29 is 28.2 Å². The molecule has 2 heterocycles. The summed E-state index contributed by atoms with van der Waals surface area (Å²) < 4.78 is 32.9. The zero-order valence-electron chi connectivity index (χ0n) is 25.4. The highest BCUT2D eigenvalue weighted by atomic mass is 19.1. The predicted molar refractivity (Wildman–Crippen MR) is 169 cm³/mol. The first-order chi connectivity index (χ1) is 21.9. The van der Waals surface area contributed by atoms with E-state index in [1.807, 2.05) is 36.4 Å². The van der Waals surface area contributed by atoms with Gasteiger partial charge >= 0.3 is 11.8 Å². The summed E-state index contributed by atoms with van der Waals surface area (Å²) >= 11 is 0. The summed E-state index contributed by atoms with van der Waals surface area (Å²) in [6.45, 7) is 3.25. The molecular formula is C35H37FN4O5. The Morgan fingerprint density at radius 2 is 1.71 bits per heavy atom. The van der Waals surface area contributed by atoms with E-state index in [1.165, 1.54) is 25.0 Å². The van der Waals surface area contributed by atoms with Gasteiger partial charge < -0.3 is 29.7 Å². The van der Waals surface area contributed by atoms with Crippen LogP contribution >= 0.6 is 0 Å². The average molecular weight is 613 g/mol. The number of anilines is 1. The number of rotatable bonds is 10. The second-order valence-electron chi connectivity index (χ2n) is 11.9. The highest BCUT2D eigenvalue weighted by molar-refractivity contribution is 6.39. The van der Waals surface area contributed by atoms with E-state index in [0.29, 0.717) is 53.6 Å². The molecule has 6 rings (SSSR count).